The number of hydrogen-bond donors (Lipinski definition) is 2. The number of benzene rings is 2. The van der Waals surface area contributed by atoms with Crippen molar-refractivity contribution in [2.24, 2.45) is 0 Å². The van der Waals surface area contributed by atoms with Gasteiger partial charge in [-0.05, 0) is 23.6 Å². The van der Waals surface area contributed by atoms with Crippen molar-refractivity contribution in [3.63, 3.8) is 0 Å². The van der Waals surface area contributed by atoms with Crippen LogP contribution in [0.3, 0.4) is 0 Å². The lowest BCUT2D eigenvalue weighted by Crippen LogP contribution is -2.02. The van der Waals surface area contributed by atoms with Gasteiger partial charge in [-0.25, -0.2) is 4.89 Å². The highest BCUT2D eigenvalue weighted by molar-refractivity contribution is 7.94. The van der Waals surface area contributed by atoms with Gasteiger partial charge in [0.05, 0.1) is 36.1 Å². The molecule has 10 heteroatoms. The normalized spacial score (nSPS) is 11.9. The highest BCUT2D eigenvalue weighted by atomic mass is 32.2. The first-order chi connectivity index (χ1) is 10.4. The standard InChI is InChI=1S/C12H13NO7S2/c1-17-19-20-21-12-4-7-3-8(22(15,16)18-2)5-11(14)9(7)6-10(12)13/h3-6,14H,13H2,1-2H3. The van der Waals surface area contributed by atoms with Crippen LogP contribution in [0.1, 0.15) is 0 Å². The van der Waals surface area contributed by atoms with Crippen LogP contribution in [0.4, 0.5) is 5.69 Å². The summed E-state index contributed by atoms with van der Waals surface area (Å²) in [4.78, 5) is 4.55. The van der Waals surface area contributed by atoms with Gasteiger partial charge in [0.2, 0.25) is 0 Å². The average molecular weight is 347 g/mol. The maximum atomic E-state index is 11.7. The molecule has 0 saturated heterocycles. The summed E-state index contributed by atoms with van der Waals surface area (Å²) in [5.41, 5.74) is 6.15. The Morgan fingerprint density at radius 3 is 2.55 bits per heavy atom. The Labute approximate surface area is 130 Å². The molecular formula is C12H13NO7S2. The predicted octanol–water partition coefficient (Wildman–Crippen LogP) is 1.98. The van der Waals surface area contributed by atoms with Crippen LogP contribution in [-0.4, -0.2) is 27.7 Å². The molecule has 3 N–H and O–H groups in total. The molecular weight excluding hydrogens is 334 g/mol. The summed E-state index contributed by atoms with van der Waals surface area (Å²) in [6.45, 7) is 0. The fourth-order valence-electron chi connectivity index (χ4n) is 1.75. The minimum Gasteiger partial charge on any atom is -0.507 e. The lowest BCUT2D eigenvalue weighted by molar-refractivity contribution is -0.447. The lowest BCUT2D eigenvalue weighted by atomic mass is 10.1. The Bertz CT molecular complexity index is 792. The Balaban J connectivity index is 2.53. The number of phenols is 1. The van der Waals surface area contributed by atoms with E-state index in [9.17, 15) is 13.5 Å². The zero-order valence-corrected chi connectivity index (χ0v) is 13.2. The first-order valence-corrected chi connectivity index (χ1v) is 7.95. The van der Waals surface area contributed by atoms with Crippen molar-refractivity contribution in [1.29, 1.82) is 0 Å². The fourth-order valence-corrected chi connectivity index (χ4v) is 2.96. The largest absolute Gasteiger partial charge is 0.507 e. The van der Waals surface area contributed by atoms with E-state index in [2.05, 4.69) is 18.4 Å². The molecule has 0 bridgehead atoms. The van der Waals surface area contributed by atoms with Gasteiger partial charge in [0.25, 0.3) is 10.1 Å². The summed E-state index contributed by atoms with van der Waals surface area (Å²) in [7, 11) is -1.62. The van der Waals surface area contributed by atoms with Crippen molar-refractivity contribution in [2.75, 3.05) is 20.0 Å². The summed E-state index contributed by atoms with van der Waals surface area (Å²) in [6.07, 6.45) is 0. The first kappa shape index (κ1) is 16.8. The Kier molecular flexibility index (Phi) is 5.11. The van der Waals surface area contributed by atoms with E-state index < -0.39 is 10.1 Å². The van der Waals surface area contributed by atoms with Gasteiger partial charge < -0.3 is 10.8 Å². The van der Waals surface area contributed by atoms with Crippen LogP contribution in [0.2, 0.25) is 0 Å². The second-order valence-corrected chi connectivity index (χ2v) is 6.52. The van der Waals surface area contributed by atoms with Crippen LogP contribution >= 0.6 is 12.0 Å². The molecule has 120 valence electrons. The highest BCUT2D eigenvalue weighted by Gasteiger charge is 2.17. The molecule has 0 unspecified atom stereocenters. The Hall–Kier alpha value is -1.56. The topological polar surface area (TPSA) is 117 Å². The molecule has 0 aliphatic rings. The van der Waals surface area contributed by atoms with Crippen molar-refractivity contribution in [3.8, 4) is 5.75 Å². The monoisotopic (exact) mass is 347 g/mol. The SMILES string of the molecule is COOOSc1cc2cc(S(=O)(=O)OC)cc(O)c2cc1N. The minimum atomic E-state index is -3.93. The van der Waals surface area contributed by atoms with Crippen molar-refractivity contribution in [2.45, 2.75) is 9.79 Å². The molecule has 0 amide bonds. The number of anilines is 1. The van der Waals surface area contributed by atoms with Crippen LogP contribution in [0, 0.1) is 0 Å². The molecule has 0 heterocycles. The molecule has 0 radical (unpaired) electrons. The third-order valence-corrected chi connectivity index (χ3v) is 4.67. The van der Waals surface area contributed by atoms with Gasteiger partial charge >= 0.3 is 0 Å². The zero-order chi connectivity index (χ0) is 16.3. The van der Waals surface area contributed by atoms with Gasteiger partial charge in [0, 0.05) is 17.1 Å². The van der Waals surface area contributed by atoms with Crippen molar-refractivity contribution in [3.05, 3.63) is 24.3 Å². The van der Waals surface area contributed by atoms with Crippen molar-refractivity contribution < 1.29 is 32.0 Å². The molecule has 0 fully saturated rings. The van der Waals surface area contributed by atoms with Crippen LogP contribution in [-0.2, 0) is 28.6 Å². The molecule has 22 heavy (non-hydrogen) atoms. The van der Waals surface area contributed by atoms with E-state index >= 15 is 0 Å². The Morgan fingerprint density at radius 2 is 1.91 bits per heavy atom. The van der Waals surface area contributed by atoms with Crippen LogP contribution in [0.15, 0.2) is 34.1 Å². The highest BCUT2D eigenvalue weighted by Crippen LogP contribution is 2.36. The molecule has 0 aliphatic heterocycles. The van der Waals surface area contributed by atoms with Crippen molar-refractivity contribution >= 4 is 38.6 Å². The van der Waals surface area contributed by atoms with Gasteiger partial charge in [-0.2, -0.15) is 8.42 Å². The summed E-state index contributed by atoms with van der Waals surface area (Å²) < 4.78 is 32.6. The van der Waals surface area contributed by atoms with Gasteiger partial charge in [-0.3, -0.25) is 4.18 Å². The second kappa shape index (κ2) is 6.69. The third kappa shape index (κ3) is 3.43. The van der Waals surface area contributed by atoms with Crippen molar-refractivity contribution in [1.82, 2.24) is 0 Å². The van der Waals surface area contributed by atoms with Gasteiger partial charge in [0.15, 0.2) is 0 Å². The molecule has 0 aromatic heterocycles. The number of rotatable bonds is 6. The van der Waals surface area contributed by atoms with E-state index in [1.165, 1.54) is 19.2 Å². The number of aromatic hydroxyl groups is 1. The van der Waals surface area contributed by atoms with Gasteiger partial charge in [-0.1, -0.05) is 5.04 Å². The number of phenolic OH excluding ortho intramolecular Hbond substituents is 1. The average Bonchev–Trinajstić information content (AvgIpc) is 2.48. The van der Waals surface area contributed by atoms with Crippen LogP contribution in [0.5, 0.6) is 5.75 Å². The predicted molar refractivity (Wildman–Crippen MR) is 79.3 cm³/mol. The molecule has 2 rings (SSSR count). The van der Waals surface area contributed by atoms with Gasteiger partial charge in [0.1, 0.15) is 5.75 Å². The molecule has 0 spiro atoms. The van der Waals surface area contributed by atoms with Crippen LogP contribution in [0.25, 0.3) is 10.8 Å². The summed E-state index contributed by atoms with van der Waals surface area (Å²) in [5.74, 6) is -0.231. The van der Waals surface area contributed by atoms with E-state index in [1.807, 2.05) is 0 Å². The zero-order valence-electron chi connectivity index (χ0n) is 11.6. The quantitative estimate of drug-likeness (QED) is 0.202. The number of nitrogens with two attached hydrogens (primary N) is 1. The number of fused-ring (bicyclic) bond motifs is 1. The van der Waals surface area contributed by atoms with E-state index in [1.54, 1.807) is 6.07 Å². The first-order valence-electron chi connectivity index (χ1n) is 5.80. The molecule has 2 aromatic carbocycles. The van der Waals surface area contributed by atoms with E-state index in [0.29, 0.717) is 21.4 Å². The van der Waals surface area contributed by atoms with E-state index in [-0.39, 0.29) is 10.6 Å². The third-order valence-electron chi connectivity index (χ3n) is 2.76. The molecule has 0 saturated carbocycles. The van der Waals surface area contributed by atoms with E-state index in [4.69, 9.17) is 5.73 Å². The molecule has 2 aromatic rings. The Morgan fingerprint density at radius 1 is 1.18 bits per heavy atom. The van der Waals surface area contributed by atoms with Gasteiger partial charge in [-0.15, -0.1) is 4.33 Å². The second-order valence-electron chi connectivity index (χ2n) is 4.06. The van der Waals surface area contributed by atoms with E-state index in [0.717, 1.165) is 25.2 Å². The summed E-state index contributed by atoms with van der Waals surface area (Å²) in [5, 5.41) is 15.1. The maximum absolute atomic E-state index is 11.7. The molecule has 8 nitrogen and oxygen atoms in total. The number of hydrogen-bond acceptors (Lipinski definition) is 9. The smallest absolute Gasteiger partial charge is 0.296 e. The molecule has 0 aliphatic carbocycles. The molecule has 0 atom stereocenters. The number of nitrogen functional groups attached to an aromatic ring is 1. The fraction of sp³-hybridized carbons (Fsp3) is 0.167. The maximum Gasteiger partial charge on any atom is 0.296 e. The lowest BCUT2D eigenvalue weighted by Gasteiger charge is -2.09. The summed E-state index contributed by atoms with van der Waals surface area (Å²) in [6, 6.07) is 5.49. The minimum absolute atomic E-state index is 0.171. The summed E-state index contributed by atoms with van der Waals surface area (Å²) >= 11 is 0.777. The van der Waals surface area contributed by atoms with Crippen LogP contribution < -0.4 is 5.73 Å².